The largest absolute Gasteiger partial charge is 0.494 e. The van der Waals surface area contributed by atoms with Crippen LogP contribution in [0.4, 0.5) is 4.79 Å². The van der Waals surface area contributed by atoms with Gasteiger partial charge in [0.25, 0.3) is 0 Å². The number of nitrogens with zero attached hydrogens (tertiary/aromatic N) is 2. The molecule has 0 aliphatic carbocycles. The van der Waals surface area contributed by atoms with Crippen LogP contribution in [0.3, 0.4) is 0 Å². The second-order valence-electron chi connectivity index (χ2n) is 6.96. The lowest BCUT2D eigenvalue weighted by Crippen LogP contribution is -2.44. The van der Waals surface area contributed by atoms with Gasteiger partial charge in [0.1, 0.15) is 17.2 Å². The van der Waals surface area contributed by atoms with E-state index in [2.05, 4.69) is 20.9 Å². The Labute approximate surface area is 158 Å². The number of ether oxygens (including phenoxy) is 2. The Morgan fingerprint density at radius 3 is 2.60 bits per heavy atom. The van der Waals surface area contributed by atoms with Gasteiger partial charge in [-0.2, -0.15) is 0 Å². The number of carbonyl (C=O) groups is 1. The highest BCUT2D eigenvalue weighted by molar-refractivity contribution is 9.09. The molecule has 6 heteroatoms. The summed E-state index contributed by atoms with van der Waals surface area (Å²) < 4.78 is 11.2. The molecular weight excluding hydrogens is 384 g/mol. The van der Waals surface area contributed by atoms with Crippen molar-refractivity contribution in [3.63, 3.8) is 0 Å². The summed E-state index contributed by atoms with van der Waals surface area (Å²) in [5, 5.41) is 0.996. The first kappa shape index (κ1) is 19.8. The Bertz CT molecular complexity index is 594. The van der Waals surface area contributed by atoms with E-state index < -0.39 is 5.60 Å². The van der Waals surface area contributed by atoms with Crippen LogP contribution < -0.4 is 4.74 Å². The number of unbranched alkanes of at least 4 members (excludes halogenated alkanes) is 1. The smallest absolute Gasteiger partial charge is 0.416 e. The number of hydrogen-bond acceptors (Lipinski definition) is 4. The molecule has 0 unspecified atom stereocenters. The molecule has 25 heavy (non-hydrogen) atoms. The van der Waals surface area contributed by atoms with E-state index in [-0.39, 0.29) is 6.09 Å². The van der Waals surface area contributed by atoms with Gasteiger partial charge in [-0.3, -0.25) is 9.89 Å². The van der Waals surface area contributed by atoms with Crippen LogP contribution in [0.15, 0.2) is 29.3 Å². The molecule has 1 heterocycles. The lowest BCUT2D eigenvalue weighted by Gasteiger charge is -2.30. The zero-order chi connectivity index (χ0) is 18.3. The molecule has 1 amide bonds. The maximum atomic E-state index is 12.5. The number of aliphatic imine (C=N–C) groups is 1. The van der Waals surface area contributed by atoms with Crippen LogP contribution in [0.5, 0.6) is 5.75 Å². The van der Waals surface area contributed by atoms with Crippen LogP contribution in [-0.4, -0.2) is 47.5 Å². The van der Waals surface area contributed by atoms with Crippen molar-refractivity contribution in [1.29, 1.82) is 0 Å². The van der Waals surface area contributed by atoms with Gasteiger partial charge < -0.3 is 9.47 Å². The molecule has 0 saturated heterocycles. The average molecular weight is 411 g/mol. The van der Waals surface area contributed by atoms with Gasteiger partial charge in [-0.1, -0.05) is 15.9 Å². The number of benzene rings is 1. The van der Waals surface area contributed by atoms with E-state index in [4.69, 9.17) is 9.47 Å². The molecule has 1 aromatic carbocycles. The fourth-order valence-electron chi connectivity index (χ4n) is 2.43. The zero-order valence-electron chi connectivity index (χ0n) is 15.3. The number of carbonyl (C=O) groups excluding carboxylic acids is 1. The highest BCUT2D eigenvalue weighted by Crippen LogP contribution is 2.19. The number of hydrogen-bond donors (Lipinski definition) is 0. The quantitative estimate of drug-likeness (QED) is 0.507. The number of alkyl halides is 1. The van der Waals surface area contributed by atoms with Gasteiger partial charge in [0.15, 0.2) is 0 Å². The maximum Gasteiger partial charge on any atom is 0.416 e. The predicted molar refractivity (Wildman–Crippen MR) is 104 cm³/mol. The molecule has 0 bridgehead atoms. The van der Waals surface area contributed by atoms with E-state index in [1.54, 1.807) is 4.90 Å². The van der Waals surface area contributed by atoms with Gasteiger partial charge in [0.05, 0.1) is 6.61 Å². The van der Waals surface area contributed by atoms with Crippen molar-refractivity contribution in [1.82, 2.24) is 4.90 Å². The molecule has 0 fully saturated rings. The monoisotopic (exact) mass is 410 g/mol. The molecule has 5 nitrogen and oxygen atoms in total. The van der Waals surface area contributed by atoms with Crippen molar-refractivity contribution in [2.45, 2.75) is 45.6 Å². The molecule has 2 rings (SSSR count). The Kier molecular flexibility index (Phi) is 7.29. The minimum atomic E-state index is -0.521. The molecule has 1 aromatic rings. The molecule has 0 atom stereocenters. The molecule has 0 saturated carbocycles. The normalized spacial score (nSPS) is 14.9. The van der Waals surface area contributed by atoms with E-state index in [1.807, 2.05) is 45.0 Å². The second kappa shape index (κ2) is 9.22. The van der Waals surface area contributed by atoms with Crippen molar-refractivity contribution in [2.24, 2.45) is 4.99 Å². The number of rotatable bonds is 6. The molecule has 0 radical (unpaired) electrons. The Morgan fingerprint density at radius 1 is 1.24 bits per heavy atom. The van der Waals surface area contributed by atoms with Gasteiger partial charge in [-0.05, 0) is 64.3 Å². The third kappa shape index (κ3) is 6.34. The summed E-state index contributed by atoms with van der Waals surface area (Å²) in [6.45, 7) is 7.65. The summed E-state index contributed by atoms with van der Waals surface area (Å²) in [4.78, 5) is 18.6. The summed E-state index contributed by atoms with van der Waals surface area (Å²) in [7, 11) is 0. The Hall–Kier alpha value is -1.56. The first-order valence-corrected chi connectivity index (χ1v) is 9.87. The van der Waals surface area contributed by atoms with E-state index in [1.165, 1.54) is 0 Å². The molecule has 1 aliphatic rings. The lowest BCUT2D eigenvalue weighted by atomic mass is 10.1. The number of amidine groups is 1. The minimum Gasteiger partial charge on any atom is -0.494 e. The van der Waals surface area contributed by atoms with E-state index in [0.29, 0.717) is 19.0 Å². The summed E-state index contributed by atoms with van der Waals surface area (Å²) in [5.74, 6) is 1.50. The van der Waals surface area contributed by atoms with Crippen LogP contribution in [-0.2, 0) is 4.74 Å². The molecule has 138 valence electrons. The topological polar surface area (TPSA) is 51.1 Å². The van der Waals surface area contributed by atoms with Gasteiger partial charge >= 0.3 is 6.09 Å². The van der Waals surface area contributed by atoms with E-state index >= 15 is 0 Å². The maximum absolute atomic E-state index is 12.5. The summed E-state index contributed by atoms with van der Waals surface area (Å²) in [5.41, 5.74) is 0.380. The minimum absolute atomic E-state index is 0.346. The first-order chi connectivity index (χ1) is 11.9. The van der Waals surface area contributed by atoms with Gasteiger partial charge in [-0.25, -0.2) is 4.79 Å². The summed E-state index contributed by atoms with van der Waals surface area (Å²) >= 11 is 3.41. The molecule has 0 aromatic heterocycles. The van der Waals surface area contributed by atoms with E-state index in [0.717, 1.165) is 42.5 Å². The highest BCUT2D eigenvalue weighted by Gasteiger charge is 2.28. The molecule has 1 aliphatic heterocycles. The predicted octanol–water partition coefficient (Wildman–Crippen LogP) is 4.63. The summed E-state index contributed by atoms with van der Waals surface area (Å²) in [6.07, 6.45) is 2.62. The standard InChI is InChI=1S/C19H27BrN2O3/c1-19(2,3)25-18(23)22-13-6-12-21-17(22)15-7-9-16(10-8-15)24-14-5-4-11-20/h7-10H,4-6,11-14H2,1-3H3. The van der Waals surface area contributed by atoms with Crippen LogP contribution in [0, 0.1) is 0 Å². The van der Waals surface area contributed by atoms with E-state index in [9.17, 15) is 4.79 Å². The van der Waals surface area contributed by atoms with Crippen LogP contribution in [0.25, 0.3) is 0 Å². The summed E-state index contributed by atoms with van der Waals surface area (Å²) in [6, 6.07) is 7.74. The SMILES string of the molecule is CC(C)(C)OC(=O)N1CCCN=C1c1ccc(OCCCCBr)cc1. The fourth-order valence-corrected chi connectivity index (χ4v) is 2.83. The van der Waals surface area contributed by atoms with Gasteiger partial charge in [0, 0.05) is 24.0 Å². The van der Waals surface area contributed by atoms with Crippen LogP contribution in [0.2, 0.25) is 0 Å². The second-order valence-corrected chi connectivity index (χ2v) is 7.75. The first-order valence-electron chi connectivity index (χ1n) is 8.75. The fraction of sp³-hybridized carbons (Fsp3) is 0.579. The molecular formula is C19H27BrN2O3. The van der Waals surface area contributed by atoms with Crippen molar-refractivity contribution < 1.29 is 14.3 Å². The molecule has 0 spiro atoms. The van der Waals surface area contributed by atoms with Crippen molar-refractivity contribution >= 4 is 27.9 Å². The number of amides is 1. The van der Waals surface area contributed by atoms with Gasteiger partial charge in [0.2, 0.25) is 0 Å². The lowest BCUT2D eigenvalue weighted by molar-refractivity contribution is 0.0364. The third-order valence-electron chi connectivity index (χ3n) is 3.58. The van der Waals surface area contributed by atoms with Crippen molar-refractivity contribution in [3.05, 3.63) is 29.8 Å². The van der Waals surface area contributed by atoms with Crippen molar-refractivity contribution in [3.8, 4) is 5.75 Å². The van der Waals surface area contributed by atoms with Gasteiger partial charge in [-0.15, -0.1) is 0 Å². The Morgan fingerprint density at radius 2 is 1.96 bits per heavy atom. The third-order valence-corrected chi connectivity index (χ3v) is 4.14. The van der Waals surface area contributed by atoms with Crippen molar-refractivity contribution in [2.75, 3.05) is 25.0 Å². The number of halogens is 1. The highest BCUT2D eigenvalue weighted by atomic mass is 79.9. The zero-order valence-corrected chi connectivity index (χ0v) is 16.8. The van der Waals surface area contributed by atoms with Crippen LogP contribution in [0.1, 0.15) is 45.6 Å². The van der Waals surface area contributed by atoms with Crippen LogP contribution >= 0.6 is 15.9 Å². The molecule has 0 N–H and O–H groups in total. The average Bonchev–Trinajstić information content (AvgIpc) is 2.58. The Balaban J connectivity index is 2.04.